The Morgan fingerprint density at radius 2 is 2.15 bits per heavy atom. The molecule has 20 heavy (non-hydrogen) atoms. The molecule has 1 aromatic rings. The van der Waals surface area contributed by atoms with Gasteiger partial charge in [-0.05, 0) is 44.5 Å². The molecule has 0 atom stereocenters. The van der Waals surface area contributed by atoms with E-state index in [4.69, 9.17) is 0 Å². The molecule has 1 aromatic heterocycles. The average molecular weight is 275 g/mol. The fraction of sp³-hybridized carbons (Fsp3) is 0.625. The Morgan fingerprint density at radius 1 is 1.35 bits per heavy atom. The lowest BCUT2D eigenvalue weighted by Gasteiger charge is -2.29. The summed E-state index contributed by atoms with van der Waals surface area (Å²) in [7, 11) is 0. The number of nitrogens with one attached hydrogen (secondary N) is 1. The van der Waals surface area contributed by atoms with E-state index >= 15 is 0 Å². The van der Waals surface area contributed by atoms with Gasteiger partial charge >= 0.3 is 0 Å². The number of rotatable bonds is 6. The fourth-order valence-corrected chi connectivity index (χ4v) is 2.72. The van der Waals surface area contributed by atoms with Gasteiger partial charge in [0.2, 0.25) is 5.91 Å². The second-order valence-corrected chi connectivity index (χ2v) is 5.42. The average Bonchev–Trinajstić information content (AvgIpc) is 2.52. The van der Waals surface area contributed by atoms with Gasteiger partial charge < -0.3 is 10.2 Å². The van der Waals surface area contributed by atoms with Crippen LogP contribution < -0.4 is 5.32 Å². The second kappa shape index (κ2) is 8.00. The summed E-state index contributed by atoms with van der Waals surface area (Å²) in [4.78, 5) is 19.0. The van der Waals surface area contributed by atoms with E-state index in [1.807, 2.05) is 29.3 Å². The summed E-state index contributed by atoms with van der Waals surface area (Å²) in [5.74, 6) is 0.552. The van der Waals surface area contributed by atoms with Crippen LogP contribution in [0, 0.1) is 5.92 Å². The largest absolute Gasteiger partial charge is 0.342 e. The molecule has 0 aliphatic carbocycles. The zero-order chi connectivity index (χ0) is 14.2. The minimum Gasteiger partial charge on any atom is -0.342 e. The highest BCUT2D eigenvalue weighted by Gasteiger charge is 2.25. The zero-order valence-corrected chi connectivity index (χ0v) is 12.3. The summed E-state index contributed by atoms with van der Waals surface area (Å²) in [6.07, 6.45) is 5.62. The summed E-state index contributed by atoms with van der Waals surface area (Å²) in [5, 5.41) is 3.32. The lowest BCUT2D eigenvalue weighted by Crippen LogP contribution is -2.42. The Kier molecular flexibility index (Phi) is 5.99. The highest BCUT2D eigenvalue weighted by Crippen LogP contribution is 2.15. The molecular formula is C16H25N3O. The first kappa shape index (κ1) is 15.0. The molecule has 0 aromatic carbocycles. The standard InChI is InChI=1S/C16H25N3O/c1-2-12-19(13-8-15-5-3-4-9-18-15)16(20)14-6-10-17-11-7-14/h3-5,9,14,17H,2,6-8,10-13H2,1H3. The quantitative estimate of drug-likeness (QED) is 0.862. The molecule has 1 N–H and O–H groups in total. The molecule has 4 heteroatoms. The van der Waals surface area contributed by atoms with E-state index in [0.29, 0.717) is 5.91 Å². The lowest BCUT2D eigenvalue weighted by molar-refractivity contribution is -0.136. The van der Waals surface area contributed by atoms with Crippen molar-refractivity contribution in [3.05, 3.63) is 30.1 Å². The van der Waals surface area contributed by atoms with Crippen LogP contribution in [0.3, 0.4) is 0 Å². The van der Waals surface area contributed by atoms with E-state index in [2.05, 4.69) is 17.2 Å². The first-order valence-electron chi connectivity index (χ1n) is 7.70. The molecule has 1 saturated heterocycles. The van der Waals surface area contributed by atoms with Gasteiger partial charge in [0.15, 0.2) is 0 Å². The number of carbonyl (C=O) groups is 1. The van der Waals surface area contributed by atoms with Crippen LogP contribution >= 0.6 is 0 Å². The van der Waals surface area contributed by atoms with Gasteiger partial charge in [0.25, 0.3) is 0 Å². The third kappa shape index (κ3) is 4.30. The van der Waals surface area contributed by atoms with Gasteiger partial charge in [-0.1, -0.05) is 13.0 Å². The Bertz CT molecular complexity index is 401. The van der Waals surface area contributed by atoms with Crippen LogP contribution in [-0.4, -0.2) is 42.0 Å². The minimum atomic E-state index is 0.214. The topological polar surface area (TPSA) is 45.2 Å². The van der Waals surface area contributed by atoms with E-state index in [0.717, 1.165) is 57.6 Å². The summed E-state index contributed by atoms with van der Waals surface area (Å²) >= 11 is 0. The molecule has 110 valence electrons. The lowest BCUT2D eigenvalue weighted by atomic mass is 9.96. The predicted molar refractivity (Wildman–Crippen MR) is 80.4 cm³/mol. The van der Waals surface area contributed by atoms with Gasteiger partial charge in [-0.25, -0.2) is 0 Å². The number of nitrogens with zero attached hydrogens (tertiary/aromatic N) is 2. The maximum absolute atomic E-state index is 12.6. The highest BCUT2D eigenvalue weighted by molar-refractivity contribution is 5.79. The number of aromatic nitrogens is 1. The van der Waals surface area contributed by atoms with Crippen LogP contribution in [0.25, 0.3) is 0 Å². The Morgan fingerprint density at radius 3 is 2.80 bits per heavy atom. The van der Waals surface area contributed by atoms with Gasteiger partial charge in [0.1, 0.15) is 0 Å². The van der Waals surface area contributed by atoms with Crippen molar-refractivity contribution in [2.45, 2.75) is 32.6 Å². The summed E-state index contributed by atoms with van der Waals surface area (Å²) in [6, 6.07) is 5.95. The van der Waals surface area contributed by atoms with E-state index < -0.39 is 0 Å². The molecule has 1 aliphatic rings. The molecular weight excluding hydrogens is 250 g/mol. The van der Waals surface area contributed by atoms with Crippen LogP contribution in [-0.2, 0) is 11.2 Å². The highest BCUT2D eigenvalue weighted by atomic mass is 16.2. The maximum Gasteiger partial charge on any atom is 0.225 e. The SMILES string of the molecule is CCCN(CCc1ccccn1)C(=O)C1CCNCC1. The summed E-state index contributed by atoms with van der Waals surface area (Å²) < 4.78 is 0. The number of carbonyl (C=O) groups excluding carboxylic acids is 1. The molecule has 4 nitrogen and oxygen atoms in total. The van der Waals surface area contributed by atoms with Crippen LogP contribution in [0.1, 0.15) is 31.9 Å². The zero-order valence-electron chi connectivity index (χ0n) is 12.3. The van der Waals surface area contributed by atoms with Gasteiger partial charge in [0.05, 0.1) is 0 Å². The number of piperidine rings is 1. The van der Waals surface area contributed by atoms with Crippen molar-refractivity contribution in [2.75, 3.05) is 26.2 Å². The smallest absolute Gasteiger partial charge is 0.225 e. The third-order valence-electron chi connectivity index (χ3n) is 3.86. The Balaban J connectivity index is 1.90. The van der Waals surface area contributed by atoms with Gasteiger partial charge in [0, 0.05) is 37.3 Å². The number of hydrogen-bond donors (Lipinski definition) is 1. The monoisotopic (exact) mass is 275 g/mol. The van der Waals surface area contributed by atoms with E-state index in [1.165, 1.54) is 0 Å². The Hall–Kier alpha value is -1.42. The minimum absolute atomic E-state index is 0.214. The van der Waals surface area contributed by atoms with E-state index in [-0.39, 0.29) is 5.92 Å². The molecule has 0 radical (unpaired) electrons. The molecule has 0 unspecified atom stereocenters. The van der Waals surface area contributed by atoms with Crippen LogP contribution in [0.15, 0.2) is 24.4 Å². The van der Waals surface area contributed by atoms with Gasteiger partial charge in [-0.2, -0.15) is 0 Å². The molecule has 1 aliphatic heterocycles. The molecule has 2 rings (SSSR count). The number of pyridine rings is 1. The second-order valence-electron chi connectivity index (χ2n) is 5.42. The normalized spacial score (nSPS) is 16.1. The predicted octanol–water partition coefficient (Wildman–Crippen LogP) is 1.86. The van der Waals surface area contributed by atoms with E-state index in [1.54, 1.807) is 0 Å². The van der Waals surface area contributed by atoms with Crippen molar-refractivity contribution < 1.29 is 4.79 Å². The third-order valence-corrected chi connectivity index (χ3v) is 3.86. The van der Waals surface area contributed by atoms with Crippen LogP contribution in [0.4, 0.5) is 0 Å². The van der Waals surface area contributed by atoms with Crippen molar-refractivity contribution in [1.29, 1.82) is 0 Å². The molecule has 1 amide bonds. The number of amides is 1. The summed E-state index contributed by atoms with van der Waals surface area (Å²) in [6.45, 7) is 5.71. The first-order valence-corrected chi connectivity index (χ1v) is 7.70. The summed E-state index contributed by atoms with van der Waals surface area (Å²) in [5.41, 5.74) is 1.06. The van der Waals surface area contributed by atoms with Crippen molar-refractivity contribution >= 4 is 5.91 Å². The molecule has 1 fully saturated rings. The van der Waals surface area contributed by atoms with Crippen molar-refractivity contribution in [3.63, 3.8) is 0 Å². The van der Waals surface area contributed by atoms with E-state index in [9.17, 15) is 4.79 Å². The first-order chi connectivity index (χ1) is 9.81. The molecule has 2 heterocycles. The van der Waals surface area contributed by atoms with Gasteiger partial charge in [-0.15, -0.1) is 0 Å². The molecule has 0 saturated carbocycles. The van der Waals surface area contributed by atoms with Crippen molar-refractivity contribution in [1.82, 2.24) is 15.2 Å². The van der Waals surface area contributed by atoms with Crippen LogP contribution in [0.2, 0.25) is 0 Å². The van der Waals surface area contributed by atoms with Crippen molar-refractivity contribution in [3.8, 4) is 0 Å². The molecule has 0 bridgehead atoms. The van der Waals surface area contributed by atoms with Crippen LogP contribution in [0.5, 0.6) is 0 Å². The fourth-order valence-electron chi connectivity index (χ4n) is 2.72. The van der Waals surface area contributed by atoms with Gasteiger partial charge in [-0.3, -0.25) is 9.78 Å². The van der Waals surface area contributed by atoms with Crippen molar-refractivity contribution in [2.24, 2.45) is 5.92 Å². The maximum atomic E-state index is 12.6. The Labute approximate surface area is 121 Å². The number of hydrogen-bond acceptors (Lipinski definition) is 3. The molecule has 0 spiro atoms.